The predicted octanol–water partition coefficient (Wildman–Crippen LogP) is 10.4. The van der Waals surface area contributed by atoms with Crippen molar-refractivity contribution in [1.82, 2.24) is 30.0 Å². The van der Waals surface area contributed by atoms with E-state index in [-0.39, 0.29) is 71.5 Å². The van der Waals surface area contributed by atoms with Crippen molar-refractivity contribution in [3.63, 3.8) is 0 Å². The summed E-state index contributed by atoms with van der Waals surface area (Å²) >= 11 is 9.53. The number of fused-ring (bicyclic) bond motifs is 2. The normalized spacial score (nSPS) is 11.2. The number of nitrogens with zero attached hydrogens (tertiary/aromatic N) is 12. The molecule has 8 aromatic rings. The summed E-state index contributed by atoms with van der Waals surface area (Å²) in [5.41, 5.74) is 4.00. The minimum absolute atomic E-state index is 0. The van der Waals surface area contributed by atoms with Gasteiger partial charge in [-0.15, -0.1) is 43.6 Å². The average Bonchev–Trinajstić information content (AvgIpc) is 1.75. The summed E-state index contributed by atoms with van der Waals surface area (Å²) in [5, 5.41) is 123. The van der Waals surface area contributed by atoms with Crippen molar-refractivity contribution in [2.45, 2.75) is 99.3 Å². The van der Waals surface area contributed by atoms with Gasteiger partial charge in [-0.25, -0.2) is 0 Å². The monoisotopic (exact) mass is 1370 g/mol. The molecule has 0 radical (unpaired) electrons. The van der Waals surface area contributed by atoms with Crippen molar-refractivity contribution in [3.8, 4) is 34.4 Å². The molecule has 0 amide bonds. The first-order valence-electron chi connectivity index (χ1n) is 26.8. The number of benzene rings is 6. The summed E-state index contributed by atoms with van der Waals surface area (Å²) < 4.78 is 0. The quantitative estimate of drug-likeness (QED) is 0.0227. The fourth-order valence-electron chi connectivity index (χ4n) is 9.44. The maximum atomic E-state index is 13.9. The Balaban J connectivity index is 0.000000944. The predicted molar refractivity (Wildman–Crippen MR) is 332 cm³/mol. The Morgan fingerprint density at radius 3 is 1.02 bits per heavy atom. The Morgan fingerprint density at radius 2 is 0.767 bits per heavy atom. The van der Waals surface area contributed by atoms with Crippen LogP contribution in [0.4, 0.5) is 22.7 Å². The number of hydrogen-bond donors (Lipinski definition) is 2. The molecule has 30 heteroatoms. The van der Waals surface area contributed by atoms with Crippen LogP contribution in [0, 0.1) is 51.3 Å². The van der Waals surface area contributed by atoms with Gasteiger partial charge in [-0.1, -0.05) is 129 Å². The number of aliphatic imine (C=N–C) groups is 2. The van der Waals surface area contributed by atoms with E-state index in [1.807, 2.05) is 72.8 Å². The number of aliphatic hydroxyl groups excluding tert-OH is 2. The van der Waals surface area contributed by atoms with Crippen molar-refractivity contribution in [2.75, 3.05) is 32.6 Å². The molecule has 26 nitrogen and oxygen atoms in total. The van der Waals surface area contributed by atoms with E-state index in [1.54, 1.807) is 12.4 Å². The summed E-state index contributed by atoms with van der Waals surface area (Å²) in [4.78, 5) is 49.4. The van der Waals surface area contributed by atoms with Crippen LogP contribution >= 0.6 is 23.2 Å². The number of aromatic nitrogens is 6. The zero-order valence-corrected chi connectivity index (χ0v) is 54.8. The number of rotatable bonds is 16. The van der Waals surface area contributed by atoms with Gasteiger partial charge in [-0.3, -0.25) is 50.4 Å². The van der Waals surface area contributed by atoms with Crippen LogP contribution in [0.2, 0.25) is 0 Å². The third-order valence-electron chi connectivity index (χ3n) is 12.4. The molecule has 0 saturated heterocycles. The maximum absolute atomic E-state index is 13.9. The van der Waals surface area contributed by atoms with Gasteiger partial charge in [0.1, 0.15) is 22.1 Å². The van der Waals surface area contributed by atoms with Gasteiger partial charge in [0.2, 0.25) is 0 Å². The SMILES string of the molecule is CC(C)(C)CC(C)(C)c1cc(C=NCCCN=Cc2cc(C(C)(C)CC(C)(C)C)cc(-n3nc4ccccc4n3)c2[O-])c([O-])c(-n2nc3ccccc3n2)c1.CO.CO.ClCCl.O=[N+]([O-])c1ccc([O-])c([N+](=O)[O-])c1.O=[N+]([O-])c1ccc([O-])c([N+](=O)[O-])c1.[Ni+2].[Ni+2]. The second kappa shape index (κ2) is 35.8. The molecule has 0 bridgehead atoms. The number of alkyl halides is 2. The zero-order valence-electron chi connectivity index (χ0n) is 51.3. The molecular formula is C60H70Cl2N12Ni2O14. The molecule has 2 aromatic heterocycles. The molecule has 2 heterocycles. The third kappa shape index (κ3) is 23.3. The zero-order chi connectivity index (χ0) is 66.5. The summed E-state index contributed by atoms with van der Waals surface area (Å²) in [5.74, 6) is -2.03. The number of nitro groups is 4. The molecule has 0 unspecified atom stereocenters. The van der Waals surface area contributed by atoms with Crippen LogP contribution in [0.25, 0.3) is 33.4 Å². The van der Waals surface area contributed by atoms with Gasteiger partial charge in [0.25, 0.3) is 22.7 Å². The molecule has 2 N–H and O–H groups in total. The van der Waals surface area contributed by atoms with Gasteiger partial charge in [-0.05, 0) is 111 Å². The molecule has 0 atom stereocenters. The molecule has 0 aliphatic carbocycles. The van der Waals surface area contributed by atoms with Crippen molar-refractivity contribution in [2.24, 2.45) is 20.8 Å². The first-order valence-corrected chi connectivity index (χ1v) is 27.9. The second-order valence-corrected chi connectivity index (χ2v) is 23.7. The number of hydrogen-bond acceptors (Lipinski definition) is 20. The summed E-state index contributed by atoms with van der Waals surface area (Å²) in [6.07, 6.45) is 5.80. The number of aliphatic hydroxyl groups is 2. The number of nitro benzene ring substituents is 4. The summed E-state index contributed by atoms with van der Waals surface area (Å²) in [7, 11) is 2.00. The van der Waals surface area contributed by atoms with E-state index in [0.29, 0.717) is 54.1 Å². The molecule has 488 valence electrons. The first-order chi connectivity index (χ1) is 41.2. The smallest absolute Gasteiger partial charge is 0.871 e. The summed E-state index contributed by atoms with van der Waals surface area (Å²) in [6.45, 7) is 23.1. The minimum atomic E-state index is -0.949. The van der Waals surface area contributed by atoms with Crippen molar-refractivity contribution < 1.29 is 83.3 Å². The standard InChI is InChI=1S/C45H56N8O2.2C6H4N2O5.CH2Cl2.2CH4O.2Ni/c1-42(2,3)28-44(7,8)32-22-30(40(54)38(24-32)52-48-34-16-11-12-17-35(34)49-52)26-46-20-15-21-47-27-31-23-33(45(9,10)29-43(4,5)6)25-39(41(31)55)53-50-36-18-13-14-19-37(36)51-53;2*9-6-2-1-4(7(10)11)3-5(6)8(12)13;2-1-3;2*1-2;;/h11-14,16-19,22-27,54-55H,15,20-21,28-29H2,1-10H3;2*1-3,9H;1H2;2*2H,1H3;;/q;;;;;;2*+2/p-4. The van der Waals surface area contributed by atoms with Gasteiger partial charge in [0.15, 0.2) is 0 Å². The molecule has 90 heavy (non-hydrogen) atoms. The fraction of sp³-hybridized carbons (Fsp3) is 0.367. The van der Waals surface area contributed by atoms with Crippen LogP contribution in [0.15, 0.2) is 119 Å². The largest absolute Gasteiger partial charge is 2.00 e. The third-order valence-corrected chi connectivity index (χ3v) is 12.4. The van der Waals surface area contributed by atoms with Crippen LogP contribution in [0.5, 0.6) is 23.0 Å². The molecule has 0 fully saturated rings. The van der Waals surface area contributed by atoms with Crippen LogP contribution < -0.4 is 20.4 Å². The Bertz CT molecular complexity index is 3450. The topological polar surface area (TPSA) is 391 Å². The number of halogens is 2. The molecule has 6 aromatic carbocycles. The molecule has 0 saturated carbocycles. The van der Waals surface area contributed by atoms with Crippen molar-refractivity contribution in [3.05, 3.63) is 172 Å². The average molecular weight is 1370 g/mol. The van der Waals surface area contributed by atoms with Crippen LogP contribution in [0.3, 0.4) is 0 Å². The van der Waals surface area contributed by atoms with Crippen molar-refractivity contribution in [1.29, 1.82) is 0 Å². The molecule has 0 aliphatic rings. The Morgan fingerprint density at radius 1 is 0.478 bits per heavy atom. The van der Waals surface area contributed by atoms with E-state index in [9.17, 15) is 60.9 Å². The first kappa shape index (κ1) is 79.8. The molecule has 8 rings (SSSR count). The minimum Gasteiger partial charge on any atom is -0.871 e. The van der Waals surface area contributed by atoms with Gasteiger partial charge in [0, 0.05) is 51.9 Å². The Kier molecular flexibility index (Phi) is 31.7. The van der Waals surface area contributed by atoms with E-state index in [1.165, 1.54) is 9.59 Å². The fourth-order valence-corrected chi connectivity index (χ4v) is 9.44. The molecular weight excluding hydrogens is 1300 g/mol. The van der Waals surface area contributed by atoms with Gasteiger partial charge in [0.05, 0.1) is 48.5 Å². The van der Waals surface area contributed by atoms with E-state index in [0.717, 1.165) is 84.5 Å². The number of non-ortho nitro benzene ring substituents is 2. The van der Waals surface area contributed by atoms with E-state index >= 15 is 0 Å². The van der Waals surface area contributed by atoms with Crippen molar-refractivity contribution >= 4 is 80.4 Å². The van der Waals surface area contributed by atoms with Gasteiger partial charge < -0.3 is 30.6 Å². The van der Waals surface area contributed by atoms with Crippen LogP contribution in [0.1, 0.15) is 111 Å². The van der Waals surface area contributed by atoms with E-state index < -0.39 is 53.9 Å². The maximum Gasteiger partial charge on any atom is 2.00 e. The summed E-state index contributed by atoms with van der Waals surface area (Å²) in [6, 6.07) is 27.7. The Hall–Kier alpha value is -8.25. The van der Waals surface area contributed by atoms with E-state index in [4.69, 9.17) is 33.4 Å². The van der Waals surface area contributed by atoms with Crippen LogP contribution in [-0.2, 0) is 43.8 Å². The van der Waals surface area contributed by atoms with Gasteiger partial charge in [-0.2, -0.15) is 9.59 Å². The Labute approximate surface area is 549 Å². The van der Waals surface area contributed by atoms with Gasteiger partial charge >= 0.3 is 33.0 Å². The van der Waals surface area contributed by atoms with E-state index in [2.05, 4.69) is 99.6 Å². The molecule has 0 aliphatic heterocycles. The molecule has 0 spiro atoms. The second-order valence-electron chi connectivity index (χ2n) is 22.9. The van der Waals surface area contributed by atoms with Crippen LogP contribution in [-0.4, -0.2) is 105 Å².